The molecule has 2 fully saturated rings. The summed E-state index contributed by atoms with van der Waals surface area (Å²) in [6, 6.07) is 0. The Morgan fingerprint density at radius 2 is 2.11 bits per heavy atom. The number of rotatable bonds is 5. The summed E-state index contributed by atoms with van der Waals surface area (Å²) in [5, 5.41) is 3.19. The van der Waals surface area contributed by atoms with Gasteiger partial charge in [0.2, 0.25) is 5.91 Å². The molecule has 1 unspecified atom stereocenters. The number of amides is 1. The van der Waals surface area contributed by atoms with Crippen LogP contribution >= 0.6 is 0 Å². The molecule has 0 bridgehead atoms. The summed E-state index contributed by atoms with van der Waals surface area (Å²) in [6.45, 7) is 6.97. The molecule has 0 aromatic heterocycles. The molecule has 1 aliphatic carbocycles. The quantitative estimate of drug-likeness (QED) is 0.790. The average Bonchev–Trinajstić information content (AvgIpc) is 2.93. The number of likely N-dealkylation sites (tertiary alicyclic amines) is 1. The Balaban J connectivity index is 1.80. The van der Waals surface area contributed by atoms with E-state index >= 15 is 0 Å². The molecule has 1 heterocycles. The first-order valence-electron chi connectivity index (χ1n) is 7.91. The Morgan fingerprint density at radius 3 is 2.68 bits per heavy atom. The molecule has 1 saturated carbocycles. The molecular weight excluding hydrogens is 238 g/mol. The smallest absolute Gasteiger partial charge is 0.227 e. The van der Waals surface area contributed by atoms with Gasteiger partial charge in [0.25, 0.3) is 0 Å². The van der Waals surface area contributed by atoms with E-state index in [0.717, 1.165) is 45.3 Å². The molecule has 2 aliphatic rings. The highest BCUT2D eigenvalue weighted by Crippen LogP contribution is 2.35. The molecule has 2 rings (SSSR count). The maximum absolute atomic E-state index is 12.5. The van der Waals surface area contributed by atoms with E-state index in [1.54, 1.807) is 0 Å². The van der Waals surface area contributed by atoms with Crippen LogP contribution in [-0.2, 0) is 4.79 Å². The van der Waals surface area contributed by atoms with Crippen LogP contribution in [0.25, 0.3) is 0 Å². The monoisotopic (exact) mass is 267 g/mol. The Morgan fingerprint density at radius 1 is 1.37 bits per heavy atom. The van der Waals surface area contributed by atoms with Gasteiger partial charge in [0.15, 0.2) is 0 Å². The summed E-state index contributed by atoms with van der Waals surface area (Å²) in [6.07, 6.45) is 6.71. The average molecular weight is 267 g/mol. The van der Waals surface area contributed by atoms with Gasteiger partial charge in [-0.25, -0.2) is 0 Å². The van der Waals surface area contributed by atoms with E-state index < -0.39 is 0 Å². The Kier molecular flexibility index (Phi) is 5.22. The highest BCUT2D eigenvalue weighted by Gasteiger charge is 2.38. The van der Waals surface area contributed by atoms with Crippen molar-refractivity contribution in [1.29, 1.82) is 0 Å². The first-order chi connectivity index (χ1) is 9.20. The van der Waals surface area contributed by atoms with Gasteiger partial charge in [0, 0.05) is 19.6 Å². The molecule has 0 aromatic carbocycles. The lowest BCUT2D eigenvalue weighted by Crippen LogP contribution is -2.48. The minimum atomic E-state index is -0.263. The zero-order chi connectivity index (χ0) is 13.7. The lowest BCUT2D eigenvalue weighted by atomic mass is 9.73. The lowest BCUT2D eigenvalue weighted by Gasteiger charge is -2.35. The van der Waals surface area contributed by atoms with Crippen molar-refractivity contribution in [3.63, 3.8) is 0 Å². The summed E-state index contributed by atoms with van der Waals surface area (Å²) in [7, 11) is 0. The third-order valence-corrected chi connectivity index (χ3v) is 5.05. The number of carbonyl (C=O) groups excluding carboxylic acids is 1. The zero-order valence-corrected chi connectivity index (χ0v) is 12.3. The molecule has 0 radical (unpaired) electrons. The molecule has 0 aromatic rings. The lowest BCUT2D eigenvalue weighted by molar-refractivity contribution is -0.132. The van der Waals surface area contributed by atoms with Gasteiger partial charge in [-0.15, -0.1) is 0 Å². The van der Waals surface area contributed by atoms with Crippen molar-refractivity contribution in [1.82, 2.24) is 10.2 Å². The third-order valence-electron chi connectivity index (χ3n) is 5.05. The minimum absolute atomic E-state index is 0.213. The van der Waals surface area contributed by atoms with Crippen molar-refractivity contribution in [3.8, 4) is 0 Å². The molecule has 0 spiro atoms. The van der Waals surface area contributed by atoms with Gasteiger partial charge in [-0.05, 0) is 38.3 Å². The first-order valence-corrected chi connectivity index (χ1v) is 7.91. The molecule has 4 nitrogen and oxygen atoms in total. The highest BCUT2D eigenvalue weighted by atomic mass is 16.2. The van der Waals surface area contributed by atoms with Gasteiger partial charge < -0.3 is 16.0 Å². The molecule has 1 aliphatic heterocycles. The fraction of sp³-hybridized carbons (Fsp3) is 0.933. The summed E-state index contributed by atoms with van der Waals surface area (Å²) >= 11 is 0. The van der Waals surface area contributed by atoms with Crippen LogP contribution in [0.15, 0.2) is 0 Å². The number of hydrogen-bond acceptors (Lipinski definition) is 3. The van der Waals surface area contributed by atoms with Crippen LogP contribution in [0.2, 0.25) is 0 Å². The summed E-state index contributed by atoms with van der Waals surface area (Å²) < 4.78 is 0. The van der Waals surface area contributed by atoms with Crippen LogP contribution in [0.5, 0.6) is 0 Å². The molecule has 19 heavy (non-hydrogen) atoms. The number of nitrogens with two attached hydrogens (primary N) is 1. The fourth-order valence-electron chi connectivity index (χ4n) is 3.54. The van der Waals surface area contributed by atoms with Crippen LogP contribution in [0.3, 0.4) is 0 Å². The van der Waals surface area contributed by atoms with Gasteiger partial charge in [-0.1, -0.05) is 26.2 Å². The van der Waals surface area contributed by atoms with Crippen molar-refractivity contribution in [2.45, 2.75) is 45.4 Å². The SMILES string of the molecule is CCN1CCC(CNC(=O)C2(CN)CCCCC2)C1. The third kappa shape index (κ3) is 3.48. The predicted molar refractivity (Wildman–Crippen MR) is 77.8 cm³/mol. The molecule has 1 atom stereocenters. The van der Waals surface area contributed by atoms with Gasteiger partial charge >= 0.3 is 0 Å². The standard InChI is InChI=1S/C15H29N3O/c1-2-18-9-6-13(11-18)10-17-14(19)15(12-16)7-4-3-5-8-15/h13H,2-12,16H2,1H3,(H,17,19). The number of hydrogen-bond donors (Lipinski definition) is 2. The Labute approximate surface area is 117 Å². The second-order valence-electron chi connectivity index (χ2n) is 6.30. The molecule has 110 valence electrons. The number of nitrogens with one attached hydrogen (secondary N) is 1. The normalized spacial score (nSPS) is 27.4. The minimum Gasteiger partial charge on any atom is -0.355 e. The fourth-order valence-corrected chi connectivity index (χ4v) is 3.54. The van der Waals surface area contributed by atoms with E-state index in [9.17, 15) is 4.79 Å². The van der Waals surface area contributed by atoms with Gasteiger partial charge in [-0.3, -0.25) is 4.79 Å². The molecule has 1 amide bonds. The second-order valence-corrected chi connectivity index (χ2v) is 6.30. The molecule has 3 N–H and O–H groups in total. The summed E-state index contributed by atoms with van der Waals surface area (Å²) in [5.74, 6) is 0.840. The van der Waals surface area contributed by atoms with Crippen molar-refractivity contribution >= 4 is 5.91 Å². The van der Waals surface area contributed by atoms with Crippen molar-refractivity contribution in [2.75, 3.05) is 32.7 Å². The van der Waals surface area contributed by atoms with Crippen LogP contribution in [0.1, 0.15) is 45.4 Å². The van der Waals surface area contributed by atoms with Gasteiger partial charge in [0.1, 0.15) is 0 Å². The number of nitrogens with zero attached hydrogens (tertiary/aromatic N) is 1. The van der Waals surface area contributed by atoms with E-state index in [1.807, 2.05) is 0 Å². The largest absolute Gasteiger partial charge is 0.355 e. The summed E-state index contributed by atoms with van der Waals surface area (Å²) in [5.41, 5.74) is 5.63. The number of carbonyl (C=O) groups is 1. The Hall–Kier alpha value is -0.610. The van der Waals surface area contributed by atoms with E-state index in [0.29, 0.717) is 12.5 Å². The van der Waals surface area contributed by atoms with Crippen LogP contribution in [0.4, 0.5) is 0 Å². The highest BCUT2D eigenvalue weighted by molar-refractivity contribution is 5.83. The van der Waals surface area contributed by atoms with Crippen LogP contribution in [0, 0.1) is 11.3 Å². The van der Waals surface area contributed by atoms with Crippen LogP contribution in [-0.4, -0.2) is 43.5 Å². The van der Waals surface area contributed by atoms with Crippen LogP contribution < -0.4 is 11.1 Å². The van der Waals surface area contributed by atoms with E-state index in [2.05, 4.69) is 17.1 Å². The van der Waals surface area contributed by atoms with E-state index in [1.165, 1.54) is 19.4 Å². The van der Waals surface area contributed by atoms with E-state index in [4.69, 9.17) is 5.73 Å². The van der Waals surface area contributed by atoms with Crippen molar-refractivity contribution in [2.24, 2.45) is 17.1 Å². The maximum atomic E-state index is 12.5. The first kappa shape index (κ1) is 14.8. The molecule has 4 heteroatoms. The molecule has 1 saturated heterocycles. The second kappa shape index (κ2) is 6.71. The van der Waals surface area contributed by atoms with Crippen molar-refractivity contribution in [3.05, 3.63) is 0 Å². The van der Waals surface area contributed by atoms with Gasteiger partial charge in [0.05, 0.1) is 5.41 Å². The molecular formula is C15H29N3O. The Bertz CT molecular complexity index is 300. The van der Waals surface area contributed by atoms with Gasteiger partial charge in [-0.2, -0.15) is 0 Å². The van der Waals surface area contributed by atoms with E-state index in [-0.39, 0.29) is 11.3 Å². The summed E-state index contributed by atoms with van der Waals surface area (Å²) in [4.78, 5) is 14.9. The topological polar surface area (TPSA) is 58.4 Å². The van der Waals surface area contributed by atoms with Crippen molar-refractivity contribution < 1.29 is 4.79 Å². The zero-order valence-electron chi connectivity index (χ0n) is 12.3. The predicted octanol–water partition coefficient (Wildman–Crippen LogP) is 1.35. The maximum Gasteiger partial charge on any atom is 0.227 e.